The molecule has 2 heterocycles. The van der Waals surface area contributed by atoms with Crippen LogP contribution >= 0.6 is 11.6 Å². The van der Waals surface area contributed by atoms with Gasteiger partial charge in [-0.3, -0.25) is 0 Å². The summed E-state index contributed by atoms with van der Waals surface area (Å²) in [5, 5.41) is 11.4. The van der Waals surface area contributed by atoms with Crippen molar-refractivity contribution in [1.29, 1.82) is 0 Å². The molecular weight excluding hydrogens is 323 g/mol. The smallest absolute Gasteiger partial charge is 0.475 e. The van der Waals surface area contributed by atoms with Gasteiger partial charge in [0.25, 0.3) is 0 Å². The van der Waals surface area contributed by atoms with Gasteiger partial charge >= 0.3 is 12.1 Å². The standard InChI is InChI=1S/C12H14ClNO.C2HF3O2/c13-12-4-10-6-14-5-9(10)3-11(12)8-1-2-15-7-8;3-2(4,5)1(6)7/h3-4,8,14H,1-2,5-7H2;(H,6,7). The highest BCUT2D eigenvalue weighted by atomic mass is 35.5. The predicted octanol–water partition coefficient (Wildman–Crippen LogP) is 3.08. The van der Waals surface area contributed by atoms with Gasteiger partial charge in [-0.1, -0.05) is 17.7 Å². The van der Waals surface area contributed by atoms with Crippen LogP contribution in [0.25, 0.3) is 0 Å². The van der Waals surface area contributed by atoms with Gasteiger partial charge in [-0.25, -0.2) is 4.79 Å². The highest BCUT2D eigenvalue weighted by Gasteiger charge is 2.38. The minimum atomic E-state index is -5.08. The highest BCUT2D eigenvalue weighted by molar-refractivity contribution is 6.31. The molecule has 122 valence electrons. The molecule has 22 heavy (non-hydrogen) atoms. The van der Waals surface area contributed by atoms with Crippen molar-refractivity contribution in [3.8, 4) is 0 Å². The van der Waals surface area contributed by atoms with Crippen LogP contribution < -0.4 is 5.32 Å². The molecule has 0 amide bonds. The van der Waals surface area contributed by atoms with Crippen LogP contribution in [0.15, 0.2) is 12.1 Å². The molecular formula is C14H15ClF3NO3. The summed E-state index contributed by atoms with van der Waals surface area (Å²) in [7, 11) is 0. The Kier molecular flexibility index (Phi) is 5.31. The number of benzene rings is 1. The van der Waals surface area contributed by atoms with E-state index in [1.165, 1.54) is 16.7 Å². The van der Waals surface area contributed by atoms with E-state index in [9.17, 15) is 13.2 Å². The topological polar surface area (TPSA) is 58.6 Å². The minimum Gasteiger partial charge on any atom is -0.475 e. The summed E-state index contributed by atoms with van der Waals surface area (Å²) in [6.07, 6.45) is -3.98. The second kappa shape index (κ2) is 6.85. The third-order valence-electron chi connectivity index (χ3n) is 3.56. The summed E-state index contributed by atoms with van der Waals surface area (Å²) < 4.78 is 37.1. The Morgan fingerprint density at radius 2 is 1.91 bits per heavy atom. The lowest BCUT2D eigenvalue weighted by atomic mass is 9.95. The maximum absolute atomic E-state index is 10.6. The van der Waals surface area contributed by atoms with E-state index in [-0.39, 0.29) is 0 Å². The van der Waals surface area contributed by atoms with Gasteiger partial charge in [-0.2, -0.15) is 13.2 Å². The molecule has 1 unspecified atom stereocenters. The van der Waals surface area contributed by atoms with Gasteiger partial charge in [0.1, 0.15) is 0 Å². The number of alkyl halides is 3. The van der Waals surface area contributed by atoms with Crippen molar-refractivity contribution in [2.75, 3.05) is 13.2 Å². The van der Waals surface area contributed by atoms with Crippen LogP contribution in [-0.2, 0) is 22.6 Å². The molecule has 8 heteroatoms. The number of fused-ring (bicyclic) bond motifs is 1. The largest absolute Gasteiger partial charge is 0.490 e. The van der Waals surface area contributed by atoms with E-state index in [4.69, 9.17) is 26.2 Å². The van der Waals surface area contributed by atoms with E-state index in [0.717, 1.165) is 37.7 Å². The summed E-state index contributed by atoms with van der Waals surface area (Å²) in [6, 6.07) is 4.38. The molecule has 2 aliphatic rings. The van der Waals surface area contributed by atoms with E-state index < -0.39 is 12.1 Å². The summed E-state index contributed by atoms with van der Waals surface area (Å²) >= 11 is 6.30. The molecule has 0 saturated carbocycles. The average molecular weight is 338 g/mol. The predicted molar refractivity (Wildman–Crippen MR) is 73.9 cm³/mol. The van der Waals surface area contributed by atoms with Gasteiger partial charge in [0.05, 0.1) is 6.61 Å². The third-order valence-corrected chi connectivity index (χ3v) is 3.89. The summed E-state index contributed by atoms with van der Waals surface area (Å²) in [5.41, 5.74) is 4.03. The molecule has 2 aliphatic heterocycles. The molecule has 1 aromatic rings. The molecule has 0 spiro atoms. The van der Waals surface area contributed by atoms with E-state index in [1.807, 2.05) is 0 Å². The Balaban J connectivity index is 0.000000217. The first kappa shape index (κ1) is 17.1. The molecule has 1 saturated heterocycles. The Bertz CT molecular complexity index is 557. The highest BCUT2D eigenvalue weighted by Crippen LogP contribution is 2.34. The van der Waals surface area contributed by atoms with Crippen LogP contribution in [0, 0.1) is 0 Å². The summed E-state index contributed by atoms with van der Waals surface area (Å²) in [4.78, 5) is 8.90. The number of ether oxygens (including phenoxy) is 1. The van der Waals surface area contributed by atoms with Gasteiger partial charge in [0.2, 0.25) is 0 Å². The van der Waals surface area contributed by atoms with E-state index in [2.05, 4.69) is 17.4 Å². The molecule has 0 bridgehead atoms. The van der Waals surface area contributed by atoms with Gasteiger partial charge in [0, 0.05) is 30.6 Å². The number of hydrogen-bond acceptors (Lipinski definition) is 3. The summed E-state index contributed by atoms with van der Waals surface area (Å²) in [5.74, 6) is -2.25. The molecule has 2 N–H and O–H groups in total. The lowest BCUT2D eigenvalue weighted by Crippen LogP contribution is -2.21. The van der Waals surface area contributed by atoms with E-state index in [0.29, 0.717) is 5.92 Å². The Morgan fingerprint density at radius 1 is 1.32 bits per heavy atom. The lowest BCUT2D eigenvalue weighted by Gasteiger charge is -2.12. The van der Waals surface area contributed by atoms with Crippen molar-refractivity contribution in [3.05, 3.63) is 33.8 Å². The number of hydrogen-bond donors (Lipinski definition) is 2. The SMILES string of the molecule is Clc1cc2c(cc1C1CCOC1)CNC2.O=C(O)C(F)(F)F. The Hall–Kier alpha value is -1.31. The molecule has 1 aromatic carbocycles. The molecule has 3 rings (SSSR count). The van der Waals surface area contributed by atoms with Crippen molar-refractivity contribution >= 4 is 17.6 Å². The fourth-order valence-corrected chi connectivity index (χ4v) is 2.77. The maximum Gasteiger partial charge on any atom is 0.490 e. The fraction of sp³-hybridized carbons (Fsp3) is 0.500. The fourth-order valence-electron chi connectivity index (χ4n) is 2.43. The summed E-state index contributed by atoms with van der Waals surface area (Å²) in [6.45, 7) is 3.63. The second-order valence-corrected chi connectivity index (χ2v) is 5.52. The van der Waals surface area contributed by atoms with Crippen molar-refractivity contribution in [2.24, 2.45) is 0 Å². The third kappa shape index (κ3) is 4.12. The van der Waals surface area contributed by atoms with Crippen LogP contribution in [-0.4, -0.2) is 30.5 Å². The number of carboxylic acid groups (broad SMARTS) is 1. The number of aliphatic carboxylic acids is 1. The zero-order chi connectivity index (χ0) is 16.3. The van der Waals surface area contributed by atoms with Gasteiger partial charge in [-0.05, 0) is 29.2 Å². The van der Waals surface area contributed by atoms with Gasteiger partial charge in [-0.15, -0.1) is 0 Å². The monoisotopic (exact) mass is 337 g/mol. The Morgan fingerprint density at radius 3 is 2.41 bits per heavy atom. The zero-order valence-corrected chi connectivity index (χ0v) is 12.3. The van der Waals surface area contributed by atoms with E-state index >= 15 is 0 Å². The molecule has 0 radical (unpaired) electrons. The van der Waals surface area contributed by atoms with Crippen LogP contribution in [0.5, 0.6) is 0 Å². The van der Waals surface area contributed by atoms with Crippen LogP contribution in [0.2, 0.25) is 5.02 Å². The van der Waals surface area contributed by atoms with Crippen LogP contribution in [0.1, 0.15) is 29.0 Å². The first-order chi connectivity index (χ1) is 10.3. The number of carbonyl (C=O) groups is 1. The number of halogens is 4. The minimum absolute atomic E-state index is 0.503. The lowest BCUT2D eigenvalue weighted by molar-refractivity contribution is -0.192. The second-order valence-electron chi connectivity index (χ2n) is 5.11. The average Bonchev–Trinajstić information content (AvgIpc) is 3.07. The molecule has 1 atom stereocenters. The molecule has 0 aliphatic carbocycles. The Labute approximate surface area is 130 Å². The van der Waals surface area contributed by atoms with Crippen molar-refractivity contribution in [3.63, 3.8) is 0 Å². The number of nitrogens with one attached hydrogen (secondary N) is 1. The zero-order valence-electron chi connectivity index (χ0n) is 11.5. The maximum atomic E-state index is 10.6. The number of carboxylic acids is 1. The molecule has 4 nitrogen and oxygen atoms in total. The van der Waals surface area contributed by atoms with Gasteiger partial charge < -0.3 is 15.2 Å². The first-order valence-corrected chi connectivity index (χ1v) is 7.06. The molecule has 0 aromatic heterocycles. The number of rotatable bonds is 1. The van der Waals surface area contributed by atoms with Crippen LogP contribution in [0.4, 0.5) is 13.2 Å². The van der Waals surface area contributed by atoms with Crippen molar-refractivity contribution < 1.29 is 27.8 Å². The van der Waals surface area contributed by atoms with Crippen molar-refractivity contribution in [2.45, 2.75) is 31.6 Å². The normalized spacial score (nSPS) is 20.3. The van der Waals surface area contributed by atoms with Gasteiger partial charge in [0.15, 0.2) is 0 Å². The van der Waals surface area contributed by atoms with Crippen molar-refractivity contribution in [1.82, 2.24) is 5.32 Å². The quantitative estimate of drug-likeness (QED) is 0.827. The van der Waals surface area contributed by atoms with Crippen LogP contribution in [0.3, 0.4) is 0 Å². The molecule has 1 fully saturated rings. The van der Waals surface area contributed by atoms with E-state index in [1.54, 1.807) is 0 Å². The first-order valence-electron chi connectivity index (χ1n) is 6.69.